The van der Waals surface area contributed by atoms with E-state index in [1.807, 2.05) is 19.1 Å². The lowest BCUT2D eigenvalue weighted by atomic mass is 10.00. The zero-order chi connectivity index (χ0) is 25.5. The molecule has 3 amide bonds. The molecule has 0 radical (unpaired) electrons. The van der Waals surface area contributed by atoms with Crippen LogP contribution in [0.15, 0.2) is 71.3 Å². The third-order valence-corrected chi connectivity index (χ3v) is 6.44. The van der Waals surface area contributed by atoms with Crippen molar-refractivity contribution in [3.63, 3.8) is 0 Å². The van der Waals surface area contributed by atoms with Crippen LogP contribution >= 0.6 is 0 Å². The van der Waals surface area contributed by atoms with E-state index in [-0.39, 0.29) is 23.4 Å². The molecule has 1 fully saturated rings. The fourth-order valence-corrected chi connectivity index (χ4v) is 4.50. The Bertz CT molecular complexity index is 1190. The van der Waals surface area contributed by atoms with Gasteiger partial charge in [-0.25, -0.2) is 4.39 Å². The Hall–Kier alpha value is -3.94. The van der Waals surface area contributed by atoms with Crippen LogP contribution in [0, 0.1) is 5.82 Å². The van der Waals surface area contributed by atoms with Crippen LogP contribution in [-0.2, 0) is 16.0 Å². The standard InChI is InChI=1S/C28H30FN3O4/c1-2-19-13-15-20(16-14-19)26(28(35)31-21-8-3-4-9-21)32(23-11-6-5-10-22(23)29)25(33)18-30-27(34)24-12-7-17-36-24/h5-7,10-17,21,26H,2-4,8-9,18H2,1H3,(H,30,34)(H,31,35). The lowest BCUT2D eigenvalue weighted by Gasteiger charge is -2.32. The molecule has 0 aliphatic heterocycles. The van der Waals surface area contributed by atoms with Crippen molar-refractivity contribution < 1.29 is 23.2 Å². The summed E-state index contributed by atoms with van der Waals surface area (Å²) in [6, 6.07) is 15.1. The molecule has 1 unspecified atom stereocenters. The van der Waals surface area contributed by atoms with Gasteiger partial charge in [0, 0.05) is 6.04 Å². The summed E-state index contributed by atoms with van der Waals surface area (Å²) in [6.07, 6.45) is 5.94. The van der Waals surface area contributed by atoms with Gasteiger partial charge in [0.25, 0.3) is 5.91 Å². The van der Waals surface area contributed by atoms with Gasteiger partial charge in [-0.3, -0.25) is 19.3 Å². The molecule has 3 aromatic rings. The van der Waals surface area contributed by atoms with Crippen molar-refractivity contribution in [2.24, 2.45) is 0 Å². The minimum absolute atomic E-state index is 0.00569. The number of benzene rings is 2. The number of furan rings is 1. The smallest absolute Gasteiger partial charge is 0.287 e. The highest BCUT2D eigenvalue weighted by atomic mass is 19.1. The SMILES string of the molecule is CCc1ccc(C(C(=O)NC2CCCC2)N(C(=O)CNC(=O)c2ccco2)c2ccccc2F)cc1. The van der Waals surface area contributed by atoms with Crippen LogP contribution in [0.4, 0.5) is 10.1 Å². The van der Waals surface area contributed by atoms with Crippen molar-refractivity contribution in [3.8, 4) is 0 Å². The molecule has 8 heteroatoms. The Morgan fingerprint density at radius 1 is 1.03 bits per heavy atom. The van der Waals surface area contributed by atoms with E-state index >= 15 is 4.39 Å². The molecule has 36 heavy (non-hydrogen) atoms. The summed E-state index contributed by atoms with van der Waals surface area (Å²) >= 11 is 0. The average molecular weight is 492 g/mol. The molecule has 2 N–H and O–H groups in total. The van der Waals surface area contributed by atoms with E-state index in [0.717, 1.165) is 42.6 Å². The summed E-state index contributed by atoms with van der Waals surface area (Å²) in [6.45, 7) is 1.57. The van der Waals surface area contributed by atoms with Gasteiger partial charge in [-0.2, -0.15) is 0 Å². The second kappa shape index (κ2) is 11.7. The van der Waals surface area contributed by atoms with Gasteiger partial charge >= 0.3 is 0 Å². The summed E-state index contributed by atoms with van der Waals surface area (Å²) in [4.78, 5) is 40.8. The van der Waals surface area contributed by atoms with Gasteiger partial charge in [0.2, 0.25) is 11.8 Å². The van der Waals surface area contributed by atoms with E-state index < -0.39 is 30.2 Å². The average Bonchev–Trinajstić information content (AvgIpc) is 3.61. The van der Waals surface area contributed by atoms with Gasteiger partial charge in [-0.1, -0.05) is 56.2 Å². The number of aryl methyl sites for hydroxylation is 1. The summed E-state index contributed by atoms with van der Waals surface area (Å²) in [7, 11) is 0. The number of hydrogen-bond donors (Lipinski definition) is 2. The van der Waals surface area contributed by atoms with Crippen LogP contribution in [-0.4, -0.2) is 30.3 Å². The number of amides is 3. The molecule has 0 saturated heterocycles. The number of nitrogens with one attached hydrogen (secondary N) is 2. The Kier molecular flexibility index (Phi) is 8.15. The van der Waals surface area contributed by atoms with Crippen molar-refractivity contribution in [2.75, 3.05) is 11.4 Å². The molecule has 1 heterocycles. The number of para-hydroxylation sites is 1. The fourth-order valence-electron chi connectivity index (χ4n) is 4.50. The number of carbonyl (C=O) groups is 3. The largest absolute Gasteiger partial charge is 0.459 e. The fraction of sp³-hybridized carbons (Fsp3) is 0.321. The van der Waals surface area contributed by atoms with E-state index in [2.05, 4.69) is 10.6 Å². The number of hydrogen-bond acceptors (Lipinski definition) is 4. The van der Waals surface area contributed by atoms with Crippen LogP contribution in [0.25, 0.3) is 0 Å². The summed E-state index contributed by atoms with van der Waals surface area (Å²) in [5.41, 5.74) is 1.58. The first-order valence-corrected chi connectivity index (χ1v) is 12.3. The molecule has 1 aliphatic carbocycles. The molecular formula is C28H30FN3O4. The van der Waals surface area contributed by atoms with Crippen LogP contribution in [0.1, 0.15) is 60.3 Å². The van der Waals surface area contributed by atoms with Gasteiger partial charge in [0.15, 0.2) is 5.76 Å². The molecule has 2 aromatic carbocycles. The molecule has 188 valence electrons. The third-order valence-electron chi connectivity index (χ3n) is 6.44. The summed E-state index contributed by atoms with van der Waals surface area (Å²) in [5, 5.41) is 5.57. The Balaban J connectivity index is 1.70. The van der Waals surface area contributed by atoms with E-state index in [9.17, 15) is 14.4 Å². The van der Waals surface area contributed by atoms with Gasteiger partial charge < -0.3 is 15.1 Å². The highest BCUT2D eigenvalue weighted by Crippen LogP contribution is 2.31. The first-order chi connectivity index (χ1) is 17.5. The molecule has 1 aliphatic rings. The number of nitrogens with zero attached hydrogens (tertiary/aromatic N) is 1. The molecule has 1 aromatic heterocycles. The Morgan fingerprint density at radius 2 is 1.75 bits per heavy atom. The van der Waals surface area contributed by atoms with E-state index in [1.54, 1.807) is 24.3 Å². The van der Waals surface area contributed by atoms with Gasteiger partial charge in [-0.05, 0) is 54.7 Å². The monoisotopic (exact) mass is 491 g/mol. The Labute approximate surface area is 209 Å². The maximum absolute atomic E-state index is 15.1. The highest BCUT2D eigenvalue weighted by molar-refractivity contribution is 6.04. The number of anilines is 1. The zero-order valence-corrected chi connectivity index (χ0v) is 20.2. The van der Waals surface area contributed by atoms with Crippen molar-refractivity contribution >= 4 is 23.4 Å². The zero-order valence-electron chi connectivity index (χ0n) is 20.2. The van der Waals surface area contributed by atoms with Crippen LogP contribution in [0.5, 0.6) is 0 Å². The highest BCUT2D eigenvalue weighted by Gasteiger charge is 2.35. The lowest BCUT2D eigenvalue weighted by Crippen LogP contribution is -2.49. The molecule has 4 rings (SSSR count). The third kappa shape index (κ3) is 5.82. The second-order valence-corrected chi connectivity index (χ2v) is 8.86. The molecule has 7 nitrogen and oxygen atoms in total. The lowest BCUT2D eigenvalue weighted by molar-refractivity contribution is -0.126. The van der Waals surface area contributed by atoms with Crippen molar-refractivity contribution in [3.05, 3.63) is 89.6 Å². The predicted octanol–water partition coefficient (Wildman–Crippen LogP) is 4.54. The maximum Gasteiger partial charge on any atom is 0.287 e. The first kappa shape index (κ1) is 25.2. The van der Waals surface area contributed by atoms with Gasteiger partial charge in [-0.15, -0.1) is 0 Å². The van der Waals surface area contributed by atoms with Crippen molar-refractivity contribution in [1.82, 2.24) is 10.6 Å². The van der Waals surface area contributed by atoms with E-state index in [4.69, 9.17) is 4.42 Å². The van der Waals surface area contributed by atoms with Crippen LogP contribution in [0.2, 0.25) is 0 Å². The molecule has 0 bridgehead atoms. The molecule has 1 atom stereocenters. The number of halogens is 1. The maximum atomic E-state index is 15.1. The van der Waals surface area contributed by atoms with E-state index in [1.165, 1.54) is 30.5 Å². The first-order valence-electron chi connectivity index (χ1n) is 12.3. The van der Waals surface area contributed by atoms with E-state index in [0.29, 0.717) is 5.56 Å². The minimum Gasteiger partial charge on any atom is -0.459 e. The topological polar surface area (TPSA) is 91.7 Å². The normalized spacial score (nSPS) is 14.3. The van der Waals surface area contributed by atoms with Crippen LogP contribution < -0.4 is 15.5 Å². The summed E-state index contributed by atoms with van der Waals surface area (Å²) < 4.78 is 20.1. The molecule has 1 saturated carbocycles. The van der Waals surface area contributed by atoms with Crippen LogP contribution in [0.3, 0.4) is 0 Å². The van der Waals surface area contributed by atoms with Crippen molar-refractivity contribution in [2.45, 2.75) is 51.1 Å². The predicted molar refractivity (Wildman–Crippen MR) is 134 cm³/mol. The second-order valence-electron chi connectivity index (χ2n) is 8.86. The van der Waals surface area contributed by atoms with Crippen molar-refractivity contribution in [1.29, 1.82) is 0 Å². The Morgan fingerprint density at radius 3 is 2.39 bits per heavy atom. The number of rotatable bonds is 9. The number of carbonyl (C=O) groups excluding carboxylic acids is 3. The quantitative estimate of drug-likeness (QED) is 0.460. The van der Waals surface area contributed by atoms with Gasteiger partial charge in [0.1, 0.15) is 11.9 Å². The molecular weight excluding hydrogens is 461 g/mol. The summed E-state index contributed by atoms with van der Waals surface area (Å²) in [5.74, 6) is -2.20. The molecule has 0 spiro atoms. The van der Waals surface area contributed by atoms with Gasteiger partial charge in [0.05, 0.1) is 18.5 Å². The minimum atomic E-state index is -1.12.